The third kappa shape index (κ3) is 4.21. The van der Waals surface area contributed by atoms with Crippen molar-refractivity contribution >= 4 is 34.2 Å². The van der Waals surface area contributed by atoms with Crippen LogP contribution in [0.15, 0.2) is 42.5 Å². The zero-order valence-corrected chi connectivity index (χ0v) is 19.1. The summed E-state index contributed by atoms with van der Waals surface area (Å²) < 4.78 is 5.45. The Kier molecular flexibility index (Phi) is 6.07. The first kappa shape index (κ1) is 21.3. The summed E-state index contributed by atoms with van der Waals surface area (Å²) in [5.74, 6) is 1.09. The Balaban J connectivity index is 1.33. The van der Waals surface area contributed by atoms with Crippen LogP contribution in [0.3, 0.4) is 0 Å². The SMILES string of the molecule is COC1CCN(C(=O)[C@H]2CCCN(c3ccc(Cl)c(-c4nc5ccccc5[nH]4)c3)C2)CC1. The van der Waals surface area contributed by atoms with Crippen LogP contribution in [0, 0.1) is 5.92 Å². The quantitative estimate of drug-likeness (QED) is 0.621. The molecule has 0 radical (unpaired) electrons. The predicted octanol–water partition coefficient (Wildman–Crippen LogP) is 4.74. The molecule has 2 saturated heterocycles. The highest BCUT2D eigenvalue weighted by atomic mass is 35.5. The van der Waals surface area contributed by atoms with Gasteiger partial charge in [-0.1, -0.05) is 23.7 Å². The molecule has 32 heavy (non-hydrogen) atoms. The number of hydrogen-bond donors (Lipinski definition) is 1. The van der Waals surface area contributed by atoms with Crippen molar-refractivity contribution in [1.82, 2.24) is 14.9 Å². The van der Waals surface area contributed by atoms with Crippen LogP contribution < -0.4 is 4.90 Å². The van der Waals surface area contributed by atoms with Crippen LogP contribution >= 0.6 is 11.6 Å². The van der Waals surface area contributed by atoms with Crippen molar-refractivity contribution in [2.24, 2.45) is 5.92 Å². The number of nitrogens with zero attached hydrogens (tertiary/aromatic N) is 3. The van der Waals surface area contributed by atoms with Crippen LogP contribution in [0.25, 0.3) is 22.4 Å². The number of methoxy groups -OCH3 is 1. The molecule has 3 aromatic rings. The number of fused-ring (bicyclic) bond motifs is 1. The number of H-pyrrole nitrogens is 1. The molecule has 5 rings (SSSR count). The van der Waals surface area contributed by atoms with Gasteiger partial charge in [0.15, 0.2) is 0 Å². The number of piperidine rings is 2. The standard InChI is InChI=1S/C25H29ClN4O2/c1-32-19-10-13-29(14-11-19)25(31)17-5-4-12-30(16-17)18-8-9-21(26)20(15-18)24-27-22-6-2-3-7-23(22)28-24/h2-3,6-9,15,17,19H,4-5,10-14,16H2,1H3,(H,27,28)/t17-/m0/s1. The van der Waals surface area contributed by atoms with E-state index >= 15 is 0 Å². The highest BCUT2D eigenvalue weighted by molar-refractivity contribution is 6.33. The fourth-order valence-electron chi connectivity index (χ4n) is 4.96. The number of benzene rings is 2. The molecule has 0 bridgehead atoms. The first-order chi connectivity index (χ1) is 15.6. The topological polar surface area (TPSA) is 61.5 Å². The molecule has 7 heteroatoms. The van der Waals surface area contributed by atoms with Crippen LogP contribution in [0.2, 0.25) is 5.02 Å². The minimum atomic E-state index is 0.0353. The Morgan fingerprint density at radius 2 is 1.94 bits per heavy atom. The number of carbonyl (C=O) groups excluding carboxylic acids is 1. The number of para-hydroxylation sites is 2. The summed E-state index contributed by atoms with van der Waals surface area (Å²) in [5.41, 5.74) is 3.88. The summed E-state index contributed by atoms with van der Waals surface area (Å²) >= 11 is 6.55. The van der Waals surface area contributed by atoms with Gasteiger partial charge in [-0.25, -0.2) is 4.98 Å². The maximum Gasteiger partial charge on any atom is 0.227 e. The molecule has 1 amide bonds. The molecule has 2 fully saturated rings. The van der Waals surface area contributed by atoms with Gasteiger partial charge in [-0.2, -0.15) is 0 Å². The van der Waals surface area contributed by atoms with E-state index in [1.165, 1.54) is 0 Å². The summed E-state index contributed by atoms with van der Waals surface area (Å²) in [6, 6.07) is 14.0. The molecule has 1 N–H and O–H groups in total. The number of anilines is 1. The zero-order chi connectivity index (χ0) is 22.1. The van der Waals surface area contributed by atoms with E-state index in [2.05, 4.69) is 16.0 Å². The first-order valence-electron chi connectivity index (χ1n) is 11.4. The van der Waals surface area contributed by atoms with Gasteiger partial charge in [0.2, 0.25) is 5.91 Å². The minimum absolute atomic E-state index is 0.0353. The van der Waals surface area contributed by atoms with E-state index in [4.69, 9.17) is 21.3 Å². The predicted molar refractivity (Wildman–Crippen MR) is 128 cm³/mol. The average Bonchev–Trinajstić information content (AvgIpc) is 3.28. The molecule has 1 atom stereocenters. The van der Waals surface area contributed by atoms with E-state index in [1.807, 2.05) is 41.3 Å². The number of carbonyl (C=O) groups is 1. The van der Waals surface area contributed by atoms with Gasteiger partial charge in [-0.3, -0.25) is 4.79 Å². The number of nitrogens with one attached hydrogen (secondary N) is 1. The molecule has 6 nitrogen and oxygen atoms in total. The summed E-state index contributed by atoms with van der Waals surface area (Å²) in [6.45, 7) is 3.27. The second-order valence-electron chi connectivity index (χ2n) is 8.81. The van der Waals surface area contributed by atoms with Crippen LogP contribution in [0.4, 0.5) is 5.69 Å². The number of halogens is 1. The molecule has 0 saturated carbocycles. The number of rotatable bonds is 4. The lowest BCUT2D eigenvalue weighted by molar-refractivity contribution is -0.138. The summed E-state index contributed by atoms with van der Waals surface area (Å²) in [7, 11) is 1.76. The van der Waals surface area contributed by atoms with Gasteiger partial charge in [0.25, 0.3) is 0 Å². The molecule has 0 unspecified atom stereocenters. The van der Waals surface area contributed by atoms with Crippen LogP contribution in [-0.2, 0) is 9.53 Å². The van der Waals surface area contributed by atoms with E-state index in [9.17, 15) is 4.79 Å². The lowest BCUT2D eigenvalue weighted by Gasteiger charge is -2.38. The molecule has 2 aliphatic rings. The zero-order valence-electron chi connectivity index (χ0n) is 18.4. The monoisotopic (exact) mass is 452 g/mol. The number of ether oxygens (including phenoxy) is 1. The van der Waals surface area contributed by atoms with Crippen molar-refractivity contribution in [1.29, 1.82) is 0 Å². The largest absolute Gasteiger partial charge is 0.381 e. The molecule has 168 valence electrons. The molecular formula is C25H29ClN4O2. The fourth-order valence-corrected chi connectivity index (χ4v) is 5.16. The molecular weight excluding hydrogens is 424 g/mol. The summed E-state index contributed by atoms with van der Waals surface area (Å²) in [4.78, 5) is 25.6. The van der Waals surface area contributed by atoms with Gasteiger partial charge in [0, 0.05) is 44.5 Å². The third-order valence-electron chi connectivity index (χ3n) is 6.82. The molecule has 2 aliphatic heterocycles. The van der Waals surface area contributed by atoms with Gasteiger partial charge in [0.05, 0.1) is 28.1 Å². The van der Waals surface area contributed by atoms with Crippen molar-refractivity contribution in [3.63, 3.8) is 0 Å². The fraction of sp³-hybridized carbons (Fsp3) is 0.440. The van der Waals surface area contributed by atoms with E-state index in [1.54, 1.807) is 7.11 Å². The Labute approximate surface area is 193 Å². The van der Waals surface area contributed by atoms with Crippen LogP contribution in [0.1, 0.15) is 25.7 Å². The molecule has 0 aliphatic carbocycles. The van der Waals surface area contributed by atoms with Crippen molar-refractivity contribution in [2.75, 3.05) is 38.2 Å². The summed E-state index contributed by atoms with van der Waals surface area (Å²) in [5, 5.41) is 0.665. The number of aromatic amines is 1. The number of likely N-dealkylation sites (tertiary alicyclic amines) is 1. The number of aromatic nitrogens is 2. The van der Waals surface area contributed by atoms with E-state index in [-0.39, 0.29) is 17.9 Å². The molecule has 1 aromatic heterocycles. The van der Waals surface area contributed by atoms with E-state index in [0.717, 1.165) is 80.0 Å². The van der Waals surface area contributed by atoms with Gasteiger partial charge in [-0.05, 0) is 56.0 Å². The maximum absolute atomic E-state index is 13.2. The van der Waals surface area contributed by atoms with Crippen LogP contribution in [-0.4, -0.2) is 60.2 Å². The number of amides is 1. The Bertz CT molecular complexity index is 1070. The molecule has 3 heterocycles. The number of imidazole rings is 1. The van der Waals surface area contributed by atoms with Crippen molar-refractivity contribution in [2.45, 2.75) is 31.8 Å². The van der Waals surface area contributed by atoms with Crippen LogP contribution in [0.5, 0.6) is 0 Å². The lowest BCUT2D eigenvalue weighted by atomic mass is 9.94. The molecule has 2 aromatic carbocycles. The van der Waals surface area contributed by atoms with Gasteiger partial charge in [0.1, 0.15) is 5.82 Å². The lowest BCUT2D eigenvalue weighted by Crippen LogP contribution is -2.48. The van der Waals surface area contributed by atoms with Gasteiger partial charge in [-0.15, -0.1) is 0 Å². The number of hydrogen-bond acceptors (Lipinski definition) is 4. The molecule has 0 spiro atoms. The highest BCUT2D eigenvalue weighted by Crippen LogP contribution is 2.33. The third-order valence-corrected chi connectivity index (χ3v) is 7.15. The smallest absolute Gasteiger partial charge is 0.227 e. The highest BCUT2D eigenvalue weighted by Gasteiger charge is 2.31. The van der Waals surface area contributed by atoms with Crippen molar-refractivity contribution in [3.05, 3.63) is 47.5 Å². The average molecular weight is 453 g/mol. The Morgan fingerprint density at radius 1 is 1.12 bits per heavy atom. The van der Waals surface area contributed by atoms with Gasteiger partial charge < -0.3 is 19.5 Å². The maximum atomic E-state index is 13.2. The summed E-state index contributed by atoms with van der Waals surface area (Å²) in [6.07, 6.45) is 4.09. The van der Waals surface area contributed by atoms with E-state index < -0.39 is 0 Å². The van der Waals surface area contributed by atoms with Crippen molar-refractivity contribution < 1.29 is 9.53 Å². The second-order valence-corrected chi connectivity index (χ2v) is 9.22. The van der Waals surface area contributed by atoms with Gasteiger partial charge >= 0.3 is 0 Å². The first-order valence-corrected chi connectivity index (χ1v) is 11.8. The van der Waals surface area contributed by atoms with Crippen molar-refractivity contribution in [3.8, 4) is 11.4 Å². The Morgan fingerprint density at radius 3 is 2.72 bits per heavy atom. The van der Waals surface area contributed by atoms with E-state index in [0.29, 0.717) is 5.02 Å². The normalized spacial score (nSPS) is 20.1. The Hall–Kier alpha value is -2.57. The second kappa shape index (κ2) is 9.12. The minimum Gasteiger partial charge on any atom is -0.381 e.